The van der Waals surface area contributed by atoms with Crippen molar-refractivity contribution in [1.82, 2.24) is 4.98 Å². The molecule has 9 nitrogen and oxygen atoms in total. The first-order chi connectivity index (χ1) is 16.1. The fraction of sp³-hybridized carbons (Fsp3) is 0.261. The van der Waals surface area contributed by atoms with Crippen LogP contribution in [-0.4, -0.2) is 34.1 Å². The molecule has 3 rings (SSSR count). The van der Waals surface area contributed by atoms with Gasteiger partial charge in [-0.2, -0.15) is 0 Å². The summed E-state index contributed by atoms with van der Waals surface area (Å²) in [6.07, 6.45) is 3.38. The number of aromatic nitrogens is 1. The van der Waals surface area contributed by atoms with E-state index >= 15 is 0 Å². The zero-order chi connectivity index (χ0) is 25.0. The predicted octanol–water partition coefficient (Wildman–Crippen LogP) is 3.55. The van der Waals surface area contributed by atoms with E-state index in [1.54, 1.807) is 24.3 Å². The van der Waals surface area contributed by atoms with Crippen molar-refractivity contribution in [1.29, 1.82) is 0 Å². The van der Waals surface area contributed by atoms with Crippen LogP contribution >= 0.6 is 23.2 Å². The molecular weight excluding hydrogens is 483 g/mol. The normalized spacial score (nSPS) is 12.7. The van der Waals surface area contributed by atoms with E-state index in [1.807, 2.05) is 13.8 Å². The van der Waals surface area contributed by atoms with Crippen molar-refractivity contribution in [3.8, 4) is 0 Å². The fourth-order valence-electron chi connectivity index (χ4n) is 3.17. The highest BCUT2D eigenvalue weighted by Gasteiger charge is 2.27. The van der Waals surface area contributed by atoms with Gasteiger partial charge in [-0.05, 0) is 31.0 Å². The molecule has 0 aliphatic heterocycles. The van der Waals surface area contributed by atoms with Crippen molar-refractivity contribution in [2.24, 2.45) is 0 Å². The second-order valence-corrected chi connectivity index (χ2v) is 8.54. The van der Waals surface area contributed by atoms with Gasteiger partial charge >= 0.3 is 5.97 Å². The maximum atomic E-state index is 12.5. The zero-order valence-corrected chi connectivity index (χ0v) is 19.8. The third-order valence-corrected chi connectivity index (χ3v) is 5.84. The van der Waals surface area contributed by atoms with E-state index in [1.165, 1.54) is 12.4 Å². The number of nitrogens with one attached hydrogen (secondary N) is 3. The number of halogens is 2. The highest BCUT2D eigenvalue weighted by Crippen LogP contribution is 2.24. The number of hydrogen-bond donors (Lipinski definition) is 4. The number of rotatable bonds is 10. The second kappa shape index (κ2) is 10.7. The van der Waals surface area contributed by atoms with Crippen LogP contribution in [0.3, 0.4) is 0 Å². The number of carbonyl (C=O) groups is 2. The average Bonchev–Trinajstić information content (AvgIpc) is 2.80. The monoisotopic (exact) mass is 504 g/mol. The molecule has 1 amide bonds. The summed E-state index contributed by atoms with van der Waals surface area (Å²) in [6.45, 7) is 3.77. The summed E-state index contributed by atoms with van der Waals surface area (Å²) in [6, 6.07) is 5.29. The van der Waals surface area contributed by atoms with Gasteiger partial charge in [-0.3, -0.25) is 19.4 Å². The van der Waals surface area contributed by atoms with Crippen LogP contribution in [0.2, 0.25) is 10.0 Å². The lowest BCUT2D eigenvalue weighted by Gasteiger charge is -2.22. The van der Waals surface area contributed by atoms with E-state index in [-0.39, 0.29) is 39.4 Å². The minimum Gasteiger partial charge on any atom is -0.480 e. The molecule has 0 fully saturated rings. The molecule has 2 atom stereocenters. The SMILES string of the molecule is CC[C@H](C)Nc1c(N[C@@H](Cc2ccc(NC(=O)c3c(Cl)cncc3Cl)cc2)C(=O)O)c(=O)c1=O. The van der Waals surface area contributed by atoms with Gasteiger partial charge in [0.15, 0.2) is 0 Å². The Hall–Kier alpha value is -3.43. The molecule has 0 aliphatic carbocycles. The first-order valence-electron chi connectivity index (χ1n) is 10.4. The van der Waals surface area contributed by atoms with Crippen LogP contribution in [0.15, 0.2) is 46.2 Å². The lowest BCUT2D eigenvalue weighted by atomic mass is 10.0. The van der Waals surface area contributed by atoms with E-state index in [0.29, 0.717) is 11.3 Å². The average molecular weight is 505 g/mol. The first kappa shape index (κ1) is 25.2. The van der Waals surface area contributed by atoms with Gasteiger partial charge in [0.05, 0.1) is 15.6 Å². The van der Waals surface area contributed by atoms with Gasteiger partial charge in [-0.1, -0.05) is 42.3 Å². The Morgan fingerprint density at radius 1 is 1.00 bits per heavy atom. The summed E-state index contributed by atoms with van der Waals surface area (Å²) >= 11 is 12.0. The standard InChI is InChI=1S/C23H22Cl2N4O5/c1-3-11(2)27-18-19(21(31)20(18)30)29-16(23(33)34)8-12-4-6-13(7-5-12)28-22(32)17-14(24)9-26-10-15(17)25/h4-7,9-11,16,27,29H,3,8H2,1-2H3,(H,28,32)(H,33,34)/t11-,16-/m0/s1. The number of amides is 1. The van der Waals surface area contributed by atoms with Gasteiger partial charge in [0.1, 0.15) is 17.4 Å². The third-order valence-electron chi connectivity index (χ3n) is 5.26. The van der Waals surface area contributed by atoms with Crippen LogP contribution in [0.1, 0.15) is 36.2 Å². The van der Waals surface area contributed by atoms with Crippen LogP contribution in [0.4, 0.5) is 17.1 Å². The van der Waals surface area contributed by atoms with Gasteiger partial charge in [-0.15, -0.1) is 0 Å². The van der Waals surface area contributed by atoms with Crippen molar-refractivity contribution >= 4 is 52.1 Å². The topological polar surface area (TPSA) is 137 Å². The largest absolute Gasteiger partial charge is 0.480 e. The number of benzene rings is 1. The molecule has 1 heterocycles. The van der Waals surface area contributed by atoms with E-state index in [2.05, 4.69) is 20.9 Å². The number of nitrogens with zero attached hydrogens (tertiary/aromatic N) is 1. The Balaban J connectivity index is 1.70. The lowest BCUT2D eigenvalue weighted by molar-refractivity contribution is -0.137. The molecule has 0 spiro atoms. The molecule has 0 radical (unpaired) electrons. The minimum absolute atomic E-state index is 0.0207. The molecule has 0 saturated heterocycles. The molecule has 0 bridgehead atoms. The molecule has 0 aliphatic rings. The zero-order valence-electron chi connectivity index (χ0n) is 18.3. The number of carboxylic acids is 1. The smallest absolute Gasteiger partial charge is 0.326 e. The Morgan fingerprint density at radius 2 is 1.56 bits per heavy atom. The highest BCUT2D eigenvalue weighted by molar-refractivity contribution is 6.40. The number of anilines is 3. The fourth-order valence-corrected chi connectivity index (χ4v) is 3.71. The Kier molecular flexibility index (Phi) is 7.90. The quantitative estimate of drug-likeness (QED) is 0.307. The summed E-state index contributed by atoms with van der Waals surface area (Å²) < 4.78 is 0. The van der Waals surface area contributed by atoms with Crippen molar-refractivity contribution < 1.29 is 14.7 Å². The molecule has 178 valence electrons. The molecular formula is C23H22Cl2N4O5. The number of carboxylic acid groups (broad SMARTS) is 1. The van der Waals surface area contributed by atoms with Crippen LogP contribution in [0, 0.1) is 0 Å². The van der Waals surface area contributed by atoms with Crippen LogP contribution in [0.5, 0.6) is 0 Å². The number of aliphatic carboxylic acids is 1. The molecule has 4 N–H and O–H groups in total. The summed E-state index contributed by atoms with van der Waals surface area (Å²) in [4.78, 5) is 52.0. The lowest BCUT2D eigenvalue weighted by Crippen LogP contribution is -2.43. The van der Waals surface area contributed by atoms with Crippen molar-refractivity contribution in [3.63, 3.8) is 0 Å². The van der Waals surface area contributed by atoms with Gasteiger partial charge in [0, 0.05) is 30.5 Å². The Labute approximate surface area is 204 Å². The maximum absolute atomic E-state index is 12.5. The molecule has 0 unspecified atom stereocenters. The Bertz CT molecular complexity index is 1270. The molecule has 11 heteroatoms. The van der Waals surface area contributed by atoms with Crippen LogP contribution in [0.25, 0.3) is 0 Å². The van der Waals surface area contributed by atoms with E-state index in [0.717, 1.165) is 6.42 Å². The van der Waals surface area contributed by atoms with Crippen molar-refractivity contribution in [3.05, 3.63) is 78.3 Å². The van der Waals surface area contributed by atoms with Gasteiger partial charge < -0.3 is 21.1 Å². The van der Waals surface area contributed by atoms with E-state index < -0.39 is 28.8 Å². The summed E-state index contributed by atoms with van der Waals surface area (Å²) in [7, 11) is 0. The van der Waals surface area contributed by atoms with Gasteiger partial charge in [-0.25, -0.2) is 4.79 Å². The van der Waals surface area contributed by atoms with E-state index in [4.69, 9.17) is 23.2 Å². The number of carbonyl (C=O) groups excluding carboxylic acids is 1. The van der Waals surface area contributed by atoms with Crippen LogP contribution < -0.4 is 26.8 Å². The van der Waals surface area contributed by atoms with Gasteiger partial charge in [0.25, 0.3) is 16.8 Å². The summed E-state index contributed by atoms with van der Waals surface area (Å²) in [5.41, 5.74) is -0.157. The van der Waals surface area contributed by atoms with E-state index in [9.17, 15) is 24.3 Å². The van der Waals surface area contributed by atoms with Crippen LogP contribution in [-0.2, 0) is 11.2 Å². The number of pyridine rings is 1. The third kappa shape index (κ3) is 5.55. The second-order valence-electron chi connectivity index (χ2n) is 7.73. The summed E-state index contributed by atoms with van der Waals surface area (Å²) in [5, 5.41) is 18.1. The molecule has 1 aromatic heterocycles. The van der Waals surface area contributed by atoms with Crippen molar-refractivity contribution in [2.45, 2.75) is 38.8 Å². The highest BCUT2D eigenvalue weighted by atomic mass is 35.5. The molecule has 0 saturated carbocycles. The van der Waals surface area contributed by atoms with Crippen molar-refractivity contribution in [2.75, 3.05) is 16.0 Å². The molecule has 3 aromatic rings. The predicted molar refractivity (Wildman–Crippen MR) is 132 cm³/mol. The minimum atomic E-state index is -1.18. The molecule has 34 heavy (non-hydrogen) atoms. The summed E-state index contributed by atoms with van der Waals surface area (Å²) in [5.74, 6) is -1.70. The first-order valence-corrected chi connectivity index (χ1v) is 11.2. The Morgan fingerprint density at radius 3 is 2.09 bits per heavy atom. The number of hydrogen-bond acceptors (Lipinski definition) is 7. The maximum Gasteiger partial charge on any atom is 0.326 e. The molecule has 2 aromatic carbocycles. The van der Waals surface area contributed by atoms with Gasteiger partial charge in [0.2, 0.25) is 0 Å².